The van der Waals surface area contributed by atoms with Crippen molar-refractivity contribution < 1.29 is 4.79 Å². The summed E-state index contributed by atoms with van der Waals surface area (Å²) in [5.74, 6) is 0.271. The Morgan fingerprint density at radius 3 is 2.24 bits per heavy atom. The van der Waals surface area contributed by atoms with E-state index in [0.717, 1.165) is 65.1 Å². The first-order valence-electron chi connectivity index (χ1n) is 8.58. The maximum Gasteiger partial charge on any atom is 0.236 e. The number of piperidine rings is 1. The molecule has 0 unspecified atom stereocenters. The van der Waals surface area contributed by atoms with Crippen molar-refractivity contribution in [2.75, 3.05) is 52.4 Å². The fourth-order valence-corrected chi connectivity index (χ4v) is 2.89. The molecule has 0 bridgehead atoms. The van der Waals surface area contributed by atoms with Gasteiger partial charge in [0.05, 0.1) is 6.54 Å². The van der Waals surface area contributed by atoms with Crippen molar-refractivity contribution >= 4 is 5.91 Å². The molecular formula is C16H34N4O. The molecule has 1 rings (SSSR count). The van der Waals surface area contributed by atoms with E-state index in [9.17, 15) is 4.79 Å². The van der Waals surface area contributed by atoms with Crippen LogP contribution in [0.2, 0.25) is 0 Å². The molecule has 1 aliphatic heterocycles. The summed E-state index contributed by atoms with van der Waals surface area (Å²) in [5.41, 5.74) is 5.91. The Labute approximate surface area is 130 Å². The quantitative estimate of drug-likeness (QED) is 0.690. The zero-order chi connectivity index (χ0) is 15.7. The van der Waals surface area contributed by atoms with E-state index in [1.54, 1.807) is 0 Å². The third kappa shape index (κ3) is 6.76. The van der Waals surface area contributed by atoms with Crippen LogP contribution in [0.5, 0.6) is 0 Å². The van der Waals surface area contributed by atoms with Crippen LogP contribution in [0.1, 0.15) is 40.0 Å². The molecule has 2 N–H and O–H groups in total. The first-order valence-corrected chi connectivity index (χ1v) is 8.58. The van der Waals surface area contributed by atoms with E-state index in [4.69, 9.17) is 5.73 Å². The lowest BCUT2D eigenvalue weighted by atomic mass is 10.1. The fraction of sp³-hybridized carbons (Fsp3) is 0.938. The first-order chi connectivity index (χ1) is 10.1. The molecule has 124 valence electrons. The molecule has 1 saturated heterocycles. The second kappa shape index (κ2) is 10.1. The molecule has 0 spiro atoms. The van der Waals surface area contributed by atoms with E-state index in [1.807, 2.05) is 4.90 Å². The number of hydrogen-bond acceptors (Lipinski definition) is 4. The van der Waals surface area contributed by atoms with Crippen LogP contribution in [-0.2, 0) is 4.79 Å². The number of rotatable bonds is 9. The van der Waals surface area contributed by atoms with Gasteiger partial charge in [0, 0.05) is 32.2 Å². The van der Waals surface area contributed by atoms with Gasteiger partial charge in [-0.1, -0.05) is 13.8 Å². The van der Waals surface area contributed by atoms with Crippen molar-refractivity contribution in [3.05, 3.63) is 0 Å². The molecule has 0 radical (unpaired) electrons. The van der Waals surface area contributed by atoms with Gasteiger partial charge in [-0.15, -0.1) is 0 Å². The minimum absolute atomic E-state index is 0.271. The average Bonchev–Trinajstić information content (AvgIpc) is 2.50. The normalized spacial score (nSPS) is 17.4. The molecule has 1 heterocycles. The summed E-state index contributed by atoms with van der Waals surface area (Å²) in [6, 6.07) is 0.327. The fourth-order valence-electron chi connectivity index (χ4n) is 2.89. The maximum absolute atomic E-state index is 12.4. The molecule has 21 heavy (non-hydrogen) atoms. The van der Waals surface area contributed by atoms with Crippen LogP contribution in [0.4, 0.5) is 0 Å². The molecule has 0 atom stereocenters. The SMILES string of the molecule is CCN(CC)CCCN(CC)C(=O)CN1CCC(N)CC1. The summed E-state index contributed by atoms with van der Waals surface area (Å²) in [6.07, 6.45) is 3.09. The number of nitrogens with two attached hydrogens (primary N) is 1. The molecule has 1 amide bonds. The monoisotopic (exact) mass is 298 g/mol. The Morgan fingerprint density at radius 2 is 1.71 bits per heavy atom. The topological polar surface area (TPSA) is 52.8 Å². The number of nitrogens with zero attached hydrogens (tertiary/aromatic N) is 3. The Bertz CT molecular complexity index is 286. The highest BCUT2D eigenvalue weighted by molar-refractivity contribution is 5.78. The van der Waals surface area contributed by atoms with Crippen molar-refractivity contribution in [2.45, 2.75) is 46.1 Å². The van der Waals surface area contributed by atoms with Gasteiger partial charge in [0.15, 0.2) is 0 Å². The second-order valence-corrected chi connectivity index (χ2v) is 5.97. The number of amides is 1. The number of likely N-dealkylation sites (N-methyl/N-ethyl adjacent to an activating group) is 1. The summed E-state index contributed by atoms with van der Waals surface area (Å²) in [7, 11) is 0. The number of carbonyl (C=O) groups is 1. The van der Waals surface area contributed by atoms with E-state index < -0.39 is 0 Å². The first kappa shape index (κ1) is 18.4. The highest BCUT2D eigenvalue weighted by atomic mass is 16.2. The molecule has 5 heteroatoms. The maximum atomic E-state index is 12.4. The average molecular weight is 298 g/mol. The van der Waals surface area contributed by atoms with Gasteiger partial charge in [-0.05, 0) is 45.8 Å². The molecule has 1 aliphatic rings. The highest BCUT2D eigenvalue weighted by Gasteiger charge is 2.20. The van der Waals surface area contributed by atoms with E-state index in [0.29, 0.717) is 12.6 Å². The van der Waals surface area contributed by atoms with Crippen molar-refractivity contribution in [1.29, 1.82) is 0 Å². The Hall–Kier alpha value is -0.650. The largest absolute Gasteiger partial charge is 0.342 e. The molecular weight excluding hydrogens is 264 g/mol. The van der Waals surface area contributed by atoms with Crippen LogP contribution < -0.4 is 5.73 Å². The summed E-state index contributed by atoms with van der Waals surface area (Å²) >= 11 is 0. The highest BCUT2D eigenvalue weighted by Crippen LogP contribution is 2.08. The van der Waals surface area contributed by atoms with Gasteiger partial charge in [0.25, 0.3) is 0 Å². The van der Waals surface area contributed by atoms with Gasteiger partial charge in [-0.2, -0.15) is 0 Å². The minimum Gasteiger partial charge on any atom is -0.342 e. The molecule has 1 fully saturated rings. The standard InChI is InChI=1S/C16H34N4O/c1-4-18(5-2)10-7-11-20(6-3)16(21)14-19-12-8-15(17)9-13-19/h15H,4-14,17H2,1-3H3. The minimum atomic E-state index is 0.271. The van der Waals surface area contributed by atoms with Crippen molar-refractivity contribution in [3.8, 4) is 0 Å². The van der Waals surface area contributed by atoms with Crippen LogP contribution in [0.25, 0.3) is 0 Å². The smallest absolute Gasteiger partial charge is 0.236 e. The van der Waals surface area contributed by atoms with Crippen LogP contribution in [-0.4, -0.2) is 79.0 Å². The number of carbonyl (C=O) groups excluding carboxylic acids is 1. The van der Waals surface area contributed by atoms with E-state index in [1.165, 1.54) is 0 Å². The van der Waals surface area contributed by atoms with Crippen LogP contribution in [0.15, 0.2) is 0 Å². The van der Waals surface area contributed by atoms with E-state index >= 15 is 0 Å². The third-order valence-electron chi connectivity index (χ3n) is 4.52. The van der Waals surface area contributed by atoms with Gasteiger partial charge >= 0.3 is 0 Å². The van der Waals surface area contributed by atoms with Gasteiger partial charge in [0.1, 0.15) is 0 Å². The van der Waals surface area contributed by atoms with Crippen molar-refractivity contribution in [1.82, 2.24) is 14.7 Å². The summed E-state index contributed by atoms with van der Waals surface area (Å²) in [6.45, 7) is 13.9. The molecule has 5 nitrogen and oxygen atoms in total. The molecule has 0 aromatic heterocycles. The zero-order valence-electron chi connectivity index (χ0n) is 14.2. The van der Waals surface area contributed by atoms with Crippen LogP contribution >= 0.6 is 0 Å². The summed E-state index contributed by atoms with van der Waals surface area (Å²) in [5, 5.41) is 0. The van der Waals surface area contributed by atoms with Gasteiger partial charge < -0.3 is 15.5 Å². The Balaban J connectivity index is 2.28. The predicted octanol–water partition coefficient (Wildman–Crippen LogP) is 0.990. The predicted molar refractivity (Wildman–Crippen MR) is 88.3 cm³/mol. The lowest BCUT2D eigenvalue weighted by molar-refractivity contribution is -0.132. The van der Waals surface area contributed by atoms with Crippen LogP contribution in [0, 0.1) is 0 Å². The molecule has 0 saturated carbocycles. The lowest BCUT2D eigenvalue weighted by Crippen LogP contribution is -2.46. The van der Waals surface area contributed by atoms with E-state index in [-0.39, 0.29) is 5.91 Å². The second-order valence-electron chi connectivity index (χ2n) is 5.97. The lowest BCUT2D eigenvalue weighted by Gasteiger charge is -2.31. The summed E-state index contributed by atoms with van der Waals surface area (Å²) < 4.78 is 0. The third-order valence-corrected chi connectivity index (χ3v) is 4.52. The van der Waals surface area contributed by atoms with Gasteiger partial charge in [-0.3, -0.25) is 9.69 Å². The molecule has 0 aromatic rings. The summed E-state index contributed by atoms with van der Waals surface area (Å²) in [4.78, 5) is 19.0. The van der Waals surface area contributed by atoms with E-state index in [2.05, 4.69) is 30.6 Å². The van der Waals surface area contributed by atoms with Gasteiger partial charge in [-0.25, -0.2) is 0 Å². The van der Waals surface area contributed by atoms with Crippen molar-refractivity contribution in [2.24, 2.45) is 5.73 Å². The Kier molecular flexibility index (Phi) is 8.88. The van der Waals surface area contributed by atoms with Crippen molar-refractivity contribution in [3.63, 3.8) is 0 Å². The molecule has 0 aromatic carbocycles. The molecule has 0 aliphatic carbocycles. The van der Waals surface area contributed by atoms with Crippen LogP contribution in [0.3, 0.4) is 0 Å². The zero-order valence-corrected chi connectivity index (χ0v) is 14.2. The number of hydrogen-bond donors (Lipinski definition) is 1. The number of likely N-dealkylation sites (tertiary alicyclic amines) is 1. The Morgan fingerprint density at radius 1 is 1.10 bits per heavy atom. The van der Waals surface area contributed by atoms with Gasteiger partial charge in [0.2, 0.25) is 5.91 Å².